The maximum absolute atomic E-state index is 13.5. The van der Waals surface area contributed by atoms with Crippen LogP contribution in [0.25, 0.3) is 0 Å². The second-order valence-corrected chi connectivity index (χ2v) is 4.78. The summed E-state index contributed by atoms with van der Waals surface area (Å²) in [7, 11) is 0. The molecular formula is C15H13ClF2O. The lowest BCUT2D eigenvalue weighted by Crippen LogP contribution is -2.06. The molecule has 100 valence electrons. The van der Waals surface area contributed by atoms with E-state index in [2.05, 4.69) is 0 Å². The van der Waals surface area contributed by atoms with Crippen LogP contribution in [0, 0.1) is 18.6 Å². The van der Waals surface area contributed by atoms with Gasteiger partial charge in [0, 0.05) is 17.0 Å². The molecule has 0 saturated carbocycles. The Morgan fingerprint density at radius 2 is 1.68 bits per heavy atom. The fraction of sp³-hybridized carbons (Fsp3) is 0.200. The number of aliphatic hydroxyl groups is 1. The third-order valence-corrected chi connectivity index (χ3v) is 3.56. The summed E-state index contributed by atoms with van der Waals surface area (Å²) in [5.74, 6) is -1.33. The first-order chi connectivity index (χ1) is 9.00. The summed E-state index contributed by atoms with van der Waals surface area (Å²) in [5, 5.41) is 10.5. The van der Waals surface area contributed by atoms with Gasteiger partial charge in [0.1, 0.15) is 11.6 Å². The molecule has 1 unspecified atom stereocenters. The second kappa shape index (κ2) is 5.68. The molecule has 0 aliphatic heterocycles. The molecule has 0 saturated heterocycles. The molecule has 1 N–H and O–H groups in total. The van der Waals surface area contributed by atoms with Crippen LogP contribution in [-0.4, -0.2) is 5.11 Å². The summed E-state index contributed by atoms with van der Waals surface area (Å²) in [6.45, 7) is 1.81. The quantitative estimate of drug-likeness (QED) is 0.894. The third kappa shape index (κ3) is 2.94. The zero-order chi connectivity index (χ0) is 14.0. The van der Waals surface area contributed by atoms with Crippen molar-refractivity contribution in [2.45, 2.75) is 19.4 Å². The highest BCUT2D eigenvalue weighted by atomic mass is 35.5. The highest BCUT2D eigenvalue weighted by Gasteiger charge is 2.17. The number of hydrogen-bond donors (Lipinski definition) is 1. The van der Waals surface area contributed by atoms with Crippen LogP contribution in [0.15, 0.2) is 36.4 Å². The molecule has 0 fully saturated rings. The molecule has 0 aromatic heterocycles. The van der Waals surface area contributed by atoms with Gasteiger partial charge in [0.2, 0.25) is 0 Å². The van der Waals surface area contributed by atoms with Gasteiger partial charge in [-0.15, -0.1) is 0 Å². The van der Waals surface area contributed by atoms with Gasteiger partial charge in [-0.2, -0.15) is 0 Å². The van der Waals surface area contributed by atoms with Gasteiger partial charge < -0.3 is 5.11 Å². The van der Waals surface area contributed by atoms with E-state index in [1.165, 1.54) is 18.2 Å². The van der Waals surface area contributed by atoms with Crippen molar-refractivity contribution in [3.05, 3.63) is 69.7 Å². The molecule has 0 amide bonds. The van der Waals surface area contributed by atoms with Gasteiger partial charge in [-0.05, 0) is 30.2 Å². The maximum Gasteiger partial charge on any atom is 0.129 e. The lowest BCUT2D eigenvalue weighted by molar-refractivity contribution is 0.175. The van der Waals surface area contributed by atoms with Gasteiger partial charge in [-0.25, -0.2) is 8.78 Å². The molecule has 0 aliphatic rings. The van der Waals surface area contributed by atoms with E-state index in [0.29, 0.717) is 10.6 Å². The second-order valence-electron chi connectivity index (χ2n) is 4.40. The van der Waals surface area contributed by atoms with Crippen molar-refractivity contribution in [3.8, 4) is 0 Å². The van der Waals surface area contributed by atoms with Crippen molar-refractivity contribution in [1.82, 2.24) is 0 Å². The highest BCUT2D eigenvalue weighted by Crippen LogP contribution is 2.29. The Balaban J connectivity index is 2.31. The Labute approximate surface area is 115 Å². The predicted octanol–water partition coefficient (Wildman–Crippen LogP) is 4.20. The van der Waals surface area contributed by atoms with E-state index in [1.54, 1.807) is 12.1 Å². The molecule has 2 aromatic carbocycles. The van der Waals surface area contributed by atoms with Crippen LogP contribution in [-0.2, 0) is 6.42 Å². The molecule has 0 heterocycles. The molecular weight excluding hydrogens is 270 g/mol. The minimum Gasteiger partial charge on any atom is -0.388 e. The molecule has 1 atom stereocenters. The van der Waals surface area contributed by atoms with E-state index in [9.17, 15) is 13.9 Å². The largest absolute Gasteiger partial charge is 0.388 e. The first kappa shape index (κ1) is 14.0. The lowest BCUT2D eigenvalue weighted by Gasteiger charge is -2.15. The van der Waals surface area contributed by atoms with Crippen LogP contribution in [0.2, 0.25) is 5.02 Å². The van der Waals surface area contributed by atoms with E-state index in [-0.39, 0.29) is 12.0 Å². The molecule has 2 aromatic rings. The zero-order valence-electron chi connectivity index (χ0n) is 10.3. The van der Waals surface area contributed by atoms with Crippen molar-refractivity contribution in [3.63, 3.8) is 0 Å². The minimum absolute atomic E-state index is 0.132. The normalized spacial score (nSPS) is 12.5. The SMILES string of the molecule is Cc1cccc(C(O)Cc2c(F)cccc2F)c1Cl. The van der Waals surface area contributed by atoms with Crippen LogP contribution < -0.4 is 0 Å². The van der Waals surface area contributed by atoms with E-state index in [0.717, 1.165) is 5.56 Å². The molecule has 19 heavy (non-hydrogen) atoms. The van der Waals surface area contributed by atoms with Crippen molar-refractivity contribution >= 4 is 11.6 Å². The standard InChI is InChI=1S/C15H13ClF2O/c1-9-4-2-5-10(15(9)16)14(19)8-11-12(17)6-3-7-13(11)18/h2-7,14,19H,8H2,1H3. The molecule has 0 bridgehead atoms. The molecule has 0 radical (unpaired) electrons. The maximum atomic E-state index is 13.5. The highest BCUT2D eigenvalue weighted by molar-refractivity contribution is 6.32. The Hall–Kier alpha value is -1.45. The van der Waals surface area contributed by atoms with Crippen LogP contribution in [0.5, 0.6) is 0 Å². The Bertz CT molecular complexity index is 578. The number of halogens is 3. The Morgan fingerprint density at radius 3 is 2.32 bits per heavy atom. The molecule has 1 nitrogen and oxygen atoms in total. The summed E-state index contributed by atoms with van der Waals surface area (Å²) < 4.78 is 27.0. The van der Waals surface area contributed by atoms with Crippen LogP contribution in [0.1, 0.15) is 22.8 Å². The summed E-state index contributed by atoms with van der Waals surface area (Å²) in [6, 6.07) is 8.84. The lowest BCUT2D eigenvalue weighted by atomic mass is 9.99. The fourth-order valence-electron chi connectivity index (χ4n) is 1.96. The number of hydrogen-bond acceptors (Lipinski definition) is 1. The Morgan fingerprint density at radius 1 is 1.11 bits per heavy atom. The van der Waals surface area contributed by atoms with Gasteiger partial charge in [0.25, 0.3) is 0 Å². The molecule has 0 spiro atoms. The van der Waals surface area contributed by atoms with Crippen LogP contribution in [0.3, 0.4) is 0 Å². The first-order valence-electron chi connectivity index (χ1n) is 5.86. The molecule has 2 rings (SSSR count). The van der Waals surface area contributed by atoms with E-state index < -0.39 is 17.7 Å². The minimum atomic E-state index is -1.04. The van der Waals surface area contributed by atoms with Gasteiger partial charge >= 0.3 is 0 Å². The van der Waals surface area contributed by atoms with Crippen molar-refractivity contribution in [1.29, 1.82) is 0 Å². The summed E-state index contributed by atoms with van der Waals surface area (Å²) in [6.07, 6.45) is -1.19. The summed E-state index contributed by atoms with van der Waals surface area (Å²) >= 11 is 6.09. The average molecular weight is 283 g/mol. The third-order valence-electron chi connectivity index (χ3n) is 3.04. The number of aryl methyl sites for hydroxylation is 1. The van der Waals surface area contributed by atoms with E-state index >= 15 is 0 Å². The van der Waals surface area contributed by atoms with Gasteiger partial charge in [0.15, 0.2) is 0 Å². The zero-order valence-corrected chi connectivity index (χ0v) is 11.1. The summed E-state index contributed by atoms with van der Waals surface area (Å²) in [4.78, 5) is 0. The van der Waals surface area contributed by atoms with Crippen molar-refractivity contribution in [2.75, 3.05) is 0 Å². The smallest absolute Gasteiger partial charge is 0.129 e. The van der Waals surface area contributed by atoms with Crippen LogP contribution in [0.4, 0.5) is 8.78 Å². The fourth-order valence-corrected chi connectivity index (χ4v) is 2.21. The van der Waals surface area contributed by atoms with Crippen LogP contribution >= 0.6 is 11.6 Å². The van der Waals surface area contributed by atoms with Crippen molar-refractivity contribution in [2.24, 2.45) is 0 Å². The van der Waals surface area contributed by atoms with Gasteiger partial charge in [-0.3, -0.25) is 0 Å². The monoisotopic (exact) mass is 282 g/mol. The van der Waals surface area contributed by atoms with Crippen molar-refractivity contribution < 1.29 is 13.9 Å². The number of benzene rings is 2. The van der Waals surface area contributed by atoms with E-state index in [1.807, 2.05) is 13.0 Å². The van der Waals surface area contributed by atoms with E-state index in [4.69, 9.17) is 11.6 Å². The number of rotatable bonds is 3. The summed E-state index contributed by atoms with van der Waals surface area (Å²) in [5.41, 5.74) is 1.16. The molecule has 0 aliphatic carbocycles. The topological polar surface area (TPSA) is 20.2 Å². The Kier molecular flexibility index (Phi) is 4.17. The van der Waals surface area contributed by atoms with Gasteiger partial charge in [0.05, 0.1) is 6.10 Å². The van der Waals surface area contributed by atoms with Gasteiger partial charge in [-0.1, -0.05) is 35.9 Å². The first-order valence-corrected chi connectivity index (χ1v) is 6.24. The predicted molar refractivity (Wildman–Crippen MR) is 71.2 cm³/mol. The number of aliphatic hydroxyl groups excluding tert-OH is 1. The average Bonchev–Trinajstić information content (AvgIpc) is 2.37. The molecule has 4 heteroatoms.